The fourth-order valence-electron chi connectivity index (χ4n) is 2.34. The highest BCUT2D eigenvalue weighted by atomic mass is 16.5. The molecular weight excluding hydrogens is 314 g/mol. The minimum atomic E-state index is -0.106. The first kappa shape index (κ1) is 18.6. The summed E-state index contributed by atoms with van der Waals surface area (Å²) in [7, 11) is 5.78. The number of carbonyl (C=O) groups excluding carboxylic acids is 1. The van der Waals surface area contributed by atoms with Gasteiger partial charge in [-0.2, -0.15) is 0 Å². The molecule has 5 nitrogen and oxygen atoms in total. The van der Waals surface area contributed by atoms with Crippen molar-refractivity contribution in [1.29, 1.82) is 0 Å². The Morgan fingerprint density at radius 3 is 2.36 bits per heavy atom. The summed E-state index contributed by atoms with van der Waals surface area (Å²) in [6.07, 6.45) is 0. The van der Waals surface area contributed by atoms with E-state index < -0.39 is 0 Å². The third-order valence-electron chi connectivity index (χ3n) is 4.02. The fourth-order valence-corrected chi connectivity index (χ4v) is 2.34. The van der Waals surface area contributed by atoms with Crippen LogP contribution in [-0.4, -0.2) is 45.2 Å². The number of ether oxygens (including phenoxy) is 1. The molecule has 0 saturated carbocycles. The van der Waals surface area contributed by atoms with Crippen LogP contribution in [0, 0.1) is 6.92 Å². The Kier molecular flexibility index (Phi) is 6.69. The van der Waals surface area contributed by atoms with Crippen molar-refractivity contribution in [3.05, 3.63) is 59.7 Å². The molecule has 0 spiro atoms. The van der Waals surface area contributed by atoms with Gasteiger partial charge in [-0.3, -0.25) is 0 Å². The second kappa shape index (κ2) is 8.97. The fraction of sp³-hybridized carbons (Fsp3) is 0.350. The Morgan fingerprint density at radius 2 is 1.72 bits per heavy atom. The van der Waals surface area contributed by atoms with Crippen LogP contribution in [0.1, 0.15) is 11.1 Å². The summed E-state index contributed by atoms with van der Waals surface area (Å²) in [6.45, 7) is 3.51. The van der Waals surface area contributed by atoms with Crippen molar-refractivity contribution < 1.29 is 9.53 Å². The van der Waals surface area contributed by atoms with Gasteiger partial charge in [0.2, 0.25) is 0 Å². The van der Waals surface area contributed by atoms with E-state index in [4.69, 9.17) is 4.74 Å². The molecular formula is C20H27N3O2. The molecule has 0 radical (unpaired) electrons. The minimum Gasteiger partial charge on any atom is -0.491 e. The van der Waals surface area contributed by atoms with Gasteiger partial charge in [0.25, 0.3) is 0 Å². The zero-order valence-corrected chi connectivity index (χ0v) is 15.5. The van der Waals surface area contributed by atoms with Gasteiger partial charge in [0.15, 0.2) is 0 Å². The van der Waals surface area contributed by atoms with Crippen LogP contribution in [0.5, 0.6) is 5.75 Å². The van der Waals surface area contributed by atoms with E-state index in [0.29, 0.717) is 19.7 Å². The third-order valence-corrected chi connectivity index (χ3v) is 4.02. The molecule has 0 fully saturated rings. The Morgan fingerprint density at radius 1 is 1.04 bits per heavy atom. The van der Waals surface area contributed by atoms with Gasteiger partial charge < -0.3 is 19.9 Å². The van der Waals surface area contributed by atoms with Crippen LogP contribution in [0.15, 0.2) is 48.5 Å². The number of nitrogens with one attached hydrogen (secondary N) is 1. The van der Waals surface area contributed by atoms with E-state index in [1.54, 1.807) is 11.9 Å². The average molecular weight is 341 g/mol. The molecule has 0 aliphatic rings. The number of amides is 2. The second-order valence-electron chi connectivity index (χ2n) is 6.26. The van der Waals surface area contributed by atoms with Gasteiger partial charge in [0.1, 0.15) is 12.4 Å². The van der Waals surface area contributed by atoms with Crippen LogP contribution < -0.4 is 15.0 Å². The second-order valence-corrected chi connectivity index (χ2v) is 6.26. The van der Waals surface area contributed by atoms with Gasteiger partial charge in [-0.05, 0) is 36.2 Å². The highest BCUT2D eigenvalue weighted by molar-refractivity contribution is 5.73. The SMILES string of the molecule is Cc1ccccc1OCCN(C)C(=O)NCc1ccc(N(C)C)cc1. The van der Waals surface area contributed by atoms with Gasteiger partial charge in [-0.15, -0.1) is 0 Å². The molecule has 5 heteroatoms. The molecule has 25 heavy (non-hydrogen) atoms. The molecule has 2 rings (SSSR count). The van der Waals surface area contributed by atoms with E-state index in [9.17, 15) is 4.79 Å². The zero-order chi connectivity index (χ0) is 18.2. The third kappa shape index (κ3) is 5.71. The summed E-state index contributed by atoms with van der Waals surface area (Å²) >= 11 is 0. The maximum absolute atomic E-state index is 12.2. The van der Waals surface area contributed by atoms with E-state index in [-0.39, 0.29) is 6.03 Å². The van der Waals surface area contributed by atoms with E-state index in [1.165, 1.54) is 0 Å². The summed E-state index contributed by atoms with van der Waals surface area (Å²) in [5.74, 6) is 0.859. The van der Waals surface area contributed by atoms with Gasteiger partial charge in [-0.25, -0.2) is 4.79 Å². The van der Waals surface area contributed by atoms with E-state index in [0.717, 1.165) is 22.6 Å². The predicted molar refractivity (Wildman–Crippen MR) is 102 cm³/mol. The van der Waals surface area contributed by atoms with Crippen molar-refractivity contribution >= 4 is 11.7 Å². The van der Waals surface area contributed by atoms with Crippen LogP contribution in [0.4, 0.5) is 10.5 Å². The number of para-hydroxylation sites is 1. The van der Waals surface area contributed by atoms with Gasteiger partial charge in [0.05, 0.1) is 6.54 Å². The number of urea groups is 1. The molecule has 2 aromatic carbocycles. The zero-order valence-electron chi connectivity index (χ0n) is 15.5. The van der Waals surface area contributed by atoms with Crippen molar-refractivity contribution in [1.82, 2.24) is 10.2 Å². The number of nitrogens with zero attached hydrogens (tertiary/aromatic N) is 2. The van der Waals surface area contributed by atoms with Gasteiger partial charge in [-0.1, -0.05) is 30.3 Å². The normalized spacial score (nSPS) is 10.2. The molecule has 0 atom stereocenters. The molecule has 0 unspecified atom stereocenters. The highest BCUT2D eigenvalue weighted by Crippen LogP contribution is 2.16. The molecule has 0 aliphatic heterocycles. The molecule has 0 aliphatic carbocycles. The van der Waals surface area contributed by atoms with Crippen molar-refractivity contribution in [2.45, 2.75) is 13.5 Å². The van der Waals surface area contributed by atoms with Crippen LogP contribution in [-0.2, 0) is 6.54 Å². The first-order chi connectivity index (χ1) is 12.0. The molecule has 2 aromatic rings. The van der Waals surface area contributed by atoms with Crippen molar-refractivity contribution in [3.63, 3.8) is 0 Å². The monoisotopic (exact) mass is 341 g/mol. The molecule has 2 amide bonds. The number of aryl methyl sites for hydroxylation is 1. The van der Waals surface area contributed by atoms with Crippen molar-refractivity contribution in [2.24, 2.45) is 0 Å². The standard InChI is InChI=1S/C20H27N3O2/c1-16-7-5-6-8-19(16)25-14-13-23(4)20(24)21-15-17-9-11-18(12-10-17)22(2)3/h5-12H,13-15H2,1-4H3,(H,21,24). The molecule has 1 N–H and O–H groups in total. The number of carbonyl (C=O) groups is 1. The number of rotatable bonds is 7. The Bertz CT molecular complexity index is 684. The number of benzene rings is 2. The summed E-state index contributed by atoms with van der Waals surface area (Å²) in [6, 6.07) is 15.9. The van der Waals surface area contributed by atoms with Crippen molar-refractivity contribution in [2.75, 3.05) is 39.2 Å². The Labute approximate surface area is 150 Å². The maximum atomic E-state index is 12.2. The first-order valence-electron chi connectivity index (χ1n) is 8.41. The lowest BCUT2D eigenvalue weighted by atomic mass is 10.2. The summed E-state index contributed by atoms with van der Waals surface area (Å²) < 4.78 is 5.73. The van der Waals surface area contributed by atoms with Crippen LogP contribution in [0.3, 0.4) is 0 Å². The quantitative estimate of drug-likeness (QED) is 0.840. The highest BCUT2D eigenvalue weighted by Gasteiger charge is 2.08. The molecule has 0 saturated heterocycles. The number of hydrogen-bond donors (Lipinski definition) is 1. The van der Waals surface area contributed by atoms with Crippen LogP contribution in [0.25, 0.3) is 0 Å². The van der Waals surface area contributed by atoms with E-state index >= 15 is 0 Å². The Hall–Kier alpha value is -2.69. The number of likely N-dealkylation sites (N-methyl/N-ethyl adjacent to an activating group) is 1. The smallest absolute Gasteiger partial charge is 0.317 e. The summed E-state index contributed by atoms with van der Waals surface area (Å²) in [5.41, 5.74) is 3.31. The van der Waals surface area contributed by atoms with E-state index in [1.807, 2.05) is 74.4 Å². The topological polar surface area (TPSA) is 44.8 Å². The molecule has 0 aromatic heterocycles. The lowest BCUT2D eigenvalue weighted by molar-refractivity contribution is 0.195. The van der Waals surface area contributed by atoms with Crippen LogP contribution in [0.2, 0.25) is 0 Å². The van der Waals surface area contributed by atoms with Crippen LogP contribution >= 0.6 is 0 Å². The summed E-state index contributed by atoms with van der Waals surface area (Å²) in [4.78, 5) is 15.8. The Balaban J connectivity index is 1.73. The number of hydrogen-bond acceptors (Lipinski definition) is 3. The summed E-state index contributed by atoms with van der Waals surface area (Å²) in [5, 5.41) is 2.93. The van der Waals surface area contributed by atoms with Crippen molar-refractivity contribution in [3.8, 4) is 5.75 Å². The molecule has 134 valence electrons. The maximum Gasteiger partial charge on any atom is 0.317 e. The minimum absolute atomic E-state index is 0.106. The van der Waals surface area contributed by atoms with Gasteiger partial charge in [0, 0.05) is 33.4 Å². The lowest BCUT2D eigenvalue weighted by Gasteiger charge is -2.19. The largest absolute Gasteiger partial charge is 0.491 e. The van der Waals surface area contributed by atoms with Gasteiger partial charge >= 0.3 is 6.03 Å². The molecule has 0 heterocycles. The van der Waals surface area contributed by atoms with E-state index in [2.05, 4.69) is 5.32 Å². The first-order valence-corrected chi connectivity index (χ1v) is 8.41. The molecule has 0 bridgehead atoms. The number of anilines is 1. The lowest BCUT2D eigenvalue weighted by Crippen LogP contribution is -2.39. The average Bonchev–Trinajstić information content (AvgIpc) is 2.61. The predicted octanol–water partition coefficient (Wildman–Crippen LogP) is 3.28.